The van der Waals surface area contributed by atoms with Gasteiger partial charge in [0, 0.05) is 22.3 Å². The van der Waals surface area contributed by atoms with Gasteiger partial charge in [0.05, 0.1) is 80.0 Å². The molecule has 3 aromatic carbocycles. The average molecular weight is 667 g/mol. The number of halogens is 6. The summed E-state index contributed by atoms with van der Waals surface area (Å²) in [6, 6.07) is 20.8. The quantitative estimate of drug-likeness (QED) is 0.196. The van der Waals surface area contributed by atoms with Gasteiger partial charge in [-0.2, -0.15) is 68.4 Å². The zero-order valence-corrected chi connectivity index (χ0v) is 24.5. The van der Waals surface area contributed by atoms with E-state index in [2.05, 4.69) is 0 Å². The Bertz CT molecular complexity index is 2350. The molecule has 5 rings (SSSR count). The molecule has 0 saturated carbocycles. The van der Waals surface area contributed by atoms with Crippen molar-refractivity contribution in [3.05, 3.63) is 115 Å². The van der Waals surface area contributed by atoms with Crippen LogP contribution in [0.3, 0.4) is 0 Å². The maximum atomic E-state index is 14.8. The van der Waals surface area contributed by atoms with Crippen LogP contribution in [0.4, 0.5) is 26.3 Å². The third kappa shape index (κ3) is 5.25. The molecule has 3 aromatic rings. The summed E-state index contributed by atoms with van der Waals surface area (Å²) in [5.41, 5.74) is -12.8. The zero-order chi connectivity index (χ0) is 36.7. The molecular formula is C36H8F6N8. The van der Waals surface area contributed by atoms with E-state index < -0.39 is 79.2 Å². The molecule has 0 amide bonds. The molecular weight excluding hydrogens is 658 g/mol. The summed E-state index contributed by atoms with van der Waals surface area (Å²) in [7, 11) is 0. The predicted molar refractivity (Wildman–Crippen MR) is 160 cm³/mol. The van der Waals surface area contributed by atoms with E-state index in [1.165, 1.54) is 12.1 Å². The molecule has 0 bridgehead atoms. The fraction of sp³-hybridized carbons (Fsp3) is 0.0556. The summed E-state index contributed by atoms with van der Waals surface area (Å²) >= 11 is 0. The van der Waals surface area contributed by atoms with Gasteiger partial charge in [0.25, 0.3) is 0 Å². The maximum Gasteiger partial charge on any atom is 0.418 e. The lowest BCUT2D eigenvalue weighted by Gasteiger charge is -2.16. The van der Waals surface area contributed by atoms with E-state index in [9.17, 15) is 68.4 Å². The van der Waals surface area contributed by atoms with E-state index in [1.807, 2.05) is 0 Å². The van der Waals surface area contributed by atoms with Crippen LogP contribution in [0.5, 0.6) is 0 Å². The van der Waals surface area contributed by atoms with Gasteiger partial charge >= 0.3 is 12.4 Å². The summed E-state index contributed by atoms with van der Waals surface area (Å²) in [6.07, 6.45) is -10.7. The molecule has 0 N–H and O–H groups in total. The Labute approximate surface area is 277 Å². The lowest BCUT2D eigenvalue weighted by Crippen LogP contribution is -2.14. The number of alkyl halides is 6. The number of rotatable bonds is 2. The van der Waals surface area contributed by atoms with Crippen molar-refractivity contribution < 1.29 is 26.3 Å². The van der Waals surface area contributed by atoms with Gasteiger partial charge in [0.1, 0.15) is 24.3 Å². The van der Waals surface area contributed by atoms with E-state index in [1.54, 1.807) is 36.4 Å². The van der Waals surface area contributed by atoms with E-state index in [-0.39, 0.29) is 33.4 Å². The molecule has 234 valence electrons. The average Bonchev–Trinajstić information content (AvgIpc) is 3.60. The number of fused-ring (bicyclic) bond motifs is 2. The van der Waals surface area contributed by atoms with Crippen LogP contribution in [0.25, 0.3) is 33.4 Å². The van der Waals surface area contributed by atoms with E-state index >= 15 is 0 Å². The molecule has 2 aliphatic rings. The second-order valence-electron chi connectivity index (χ2n) is 10.4. The summed E-state index contributed by atoms with van der Waals surface area (Å²) in [6.45, 7) is 0. The molecule has 0 radical (unpaired) electrons. The first-order valence-electron chi connectivity index (χ1n) is 13.5. The number of allylic oxidation sites excluding steroid dienone is 8. The van der Waals surface area contributed by atoms with E-state index in [0.29, 0.717) is 0 Å². The number of hydrogen-bond acceptors (Lipinski definition) is 8. The van der Waals surface area contributed by atoms with Crippen molar-refractivity contribution in [3.8, 4) is 48.6 Å². The van der Waals surface area contributed by atoms with Crippen LogP contribution in [0, 0.1) is 90.6 Å². The molecule has 2 aliphatic carbocycles. The molecule has 0 atom stereocenters. The second-order valence-corrected chi connectivity index (χ2v) is 10.4. The Kier molecular flexibility index (Phi) is 8.07. The first kappa shape index (κ1) is 33.5. The summed E-state index contributed by atoms with van der Waals surface area (Å²) in [5, 5.41) is 78.2. The molecule has 0 unspecified atom stereocenters. The number of nitrogens with zero attached hydrogens (tertiary/aromatic N) is 8. The number of benzene rings is 3. The Balaban J connectivity index is 2.02. The minimum atomic E-state index is -5.34. The van der Waals surface area contributed by atoms with Gasteiger partial charge in [0.2, 0.25) is 0 Å². The van der Waals surface area contributed by atoms with Gasteiger partial charge in [-0.3, -0.25) is 0 Å². The van der Waals surface area contributed by atoms with Crippen LogP contribution < -0.4 is 0 Å². The molecule has 50 heavy (non-hydrogen) atoms. The van der Waals surface area contributed by atoms with Gasteiger partial charge in [-0.15, -0.1) is 0 Å². The van der Waals surface area contributed by atoms with Crippen LogP contribution in [-0.4, -0.2) is 12.4 Å². The molecule has 0 aromatic heterocycles. The molecule has 0 heterocycles. The van der Waals surface area contributed by atoms with Crippen LogP contribution in [-0.2, 0) is 0 Å². The molecule has 0 spiro atoms. The van der Waals surface area contributed by atoms with Gasteiger partial charge in [-0.25, -0.2) is 0 Å². The van der Waals surface area contributed by atoms with Gasteiger partial charge in [-0.05, 0) is 70.8 Å². The summed E-state index contributed by atoms with van der Waals surface area (Å²) < 4.78 is 89.0. The predicted octanol–water partition coefficient (Wildman–Crippen LogP) is 7.75. The number of nitriles is 8. The fourth-order valence-corrected chi connectivity index (χ4v) is 5.87. The summed E-state index contributed by atoms with van der Waals surface area (Å²) in [4.78, 5) is 0. The van der Waals surface area contributed by atoms with Crippen LogP contribution in [0.15, 0.2) is 59.7 Å². The van der Waals surface area contributed by atoms with Crippen molar-refractivity contribution in [2.24, 2.45) is 0 Å². The normalized spacial score (nSPS) is 15.2. The summed E-state index contributed by atoms with van der Waals surface area (Å²) in [5.74, 6) is 0. The highest BCUT2D eigenvalue weighted by Gasteiger charge is 2.49. The molecule has 0 aliphatic heterocycles. The smallest absolute Gasteiger partial charge is 0.192 e. The Morgan fingerprint density at radius 2 is 0.700 bits per heavy atom. The minimum Gasteiger partial charge on any atom is -0.192 e. The lowest BCUT2D eigenvalue weighted by molar-refractivity contribution is -0.0870. The van der Waals surface area contributed by atoms with Crippen LogP contribution in [0.1, 0.15) is 55.6 Å². The Morgan fingerprint density at radius 3 is 0.940 bits per heavy atom. The topological polar surface area (TPSA) is 190 Å². The second kappa shape index (κ2) is 12.0. The fourth-order valence-electron chi connectivity index (χ4n) is 5.87. The first-order valence-corrected chi connectivity index (χ1v) is 13.5. The highest BCUT2D eigenvalue weighted by Crippen LogP contribution is 2.57. The standard InChI is InChI=1S/C36H8F6N8/c37-35(38,39)33-29(15-49)23-7-24-26(8-25(23)31(33)27(13-47)21-3-17(9-43)1-18(4-21)10-44)32(34(30(24)16-50)36(40,41)42)28(14-48)22-5-19(11-45)2-20(6-22)12-46/h1-8H/b31-27-,32-28-. The van der Waals surface area contributed by atoms with Crippen LogP contribution in [0.2, 0.25) is 0 Å². The molecule has 14 heteroatoms. The van der Waals surface area contributed by atoms with Crippen LogP contribution >= 0.6 is 0 Å². The van der Waals surface area contributed by atoms with E-state index in [0.717, 1.165) is 48.5 Å². The van der Waals surface area contributed by atoms with Crippen molar-refractivity contribution in [2.75, 3.05) is 0 Å². The van der Waals surface area contributed by atoms with Gasteiger partial charge < -0.3 is 0 Å². The lowest BCUT2D eigenvalue weighted by atomic mass is 9.87. The monoisotopic (exact) mass is 666 g/mol. The number of hydrogen-bond donors (Lipinski definition) is 0. The largest absolute Gasteiger partial charge is 0.418 e. The zero-order valence-electron chi connectivity index (χ0n) is 24.5. The molecule has 0 fully saturated rings. The first-order chi connectivity index (χ1) is 23.7. The van der Waals surface area contributed by atoms with Gasteiger partial charge in [0.15, 0.2) is 0 Å². The highest BCUT2D eigenvalue weighted by atomic mass is 19.4. The minimum absolute atomic E-state index is 0.212. The van der Waals surface area contributed by atoms with E-state index in [4.69, 9.17) is 0 Å². The van der Waals surface area contributed by atoms with Crippen molar-refractivity contribution >= 4 is 33.4 Å². The highest BCUT2D eigenvalue weighted by molar-refractivity contribution is 6.19. The Morgan fingerprint density at radius 1 is 0.400 bits per heavy atom. The molecule has 0 saturated heterocycles. The maximum absolute atomic E-state index is 14.8. The third-order valence-corrected chi connectivity index (χ3v) is 7.71. The molecule has 8 nitrogen and oxygen atoms in total. The third-order valence-electron chi connectivity index (χ3n) is 7.71. The van der Waals surface area contributed by atoms with Crippen molar-refractivity contribution in [3.63, 3.8) is 0 Å². The Hall–Kier alpha value is -7.88. The van der Waals surface area contributed by atoms with Gasteiger partial charge in [-0.1, -0.05) is 0 Å². The SMILES string of the molecule is N#CC1=C(C(F)(F)F)/C(=C(/C#N)c2cc(C#N)cc(C#N)c2)c2cc3c(cc21)C(C#N)=C(C(F)(F)F)/C3=C(/C#N)c1cc(C#N)cc(C#N)c1. The van der Waals surface area contributed by atoms with Crippen molar-refractivity contribution in [1.29, 1.82) is 42.1 Å². The van der Waals surface area contributed by atoms with Crippen molar-refractivity contribution in [2.45, 2.75) is 12.4 Å². The van der Waals surface area contributed by atoms with Crippen molar-refractivity contribution in [1.82, 2.24) is 0 Å².